The number of rotatable bonds is 3. The van der Waals surface area contributed by atoms with Gasteiger partial charge in [0.05, 0.1) is 0 Å². The van der Waals surface area contributed by atoms with E-state index in [-0.39, 0.29) is 17.6 Å². The van der Waals surface area contributed by atoms with Gasteiger partial charge in [-0.3, -0.25) is 4.79 Å². The van der Waals surface area contributed by atoms with E-state index in [9.17, 15) is 9.18 Å². The maximum absolute atomic E-state index is 13.4. The summed E-state index contributed by atoms with van der Waals surface area (Å²) in [6.07, 6.45) is 0.308. The summed E-state index contributed by atoms with van der Waals surface area (Å²) < 4.78 is 18.8. The Balaban J connectivity index is 1.57. The number of carbonyl (C=O) groups excluding carboxylic acids is 1. The Kier molecular flexibility index (Phi) is 4.26. The van der Waals surface area contributed by atoms with Gasteiger partial charge in [-0.1, -0.05) is 11.2 Å². The fourth-order valence-electron chi connectivity index (χ4n) is 3.43. The zero-order chi connectivity index (χ0) is 19.1. The second-order valence-electron chi connectivity index (χ2n) is 7.09. The second-order valence-corrected chi connectivity index (χ2v) is 7.09. The molecule has 3 aromatic rings. The van der Waals surface area contributed by atoms with Gasteiger partial charge in [0.15, 0.2) is 5.82 Å². The normalized spacial score (nSPS) is 17.0. The highest BCUT2D eigenvalue weighted by atomic mass is 19.1. The van der Waals surface area contributed by atoms with E-state index in [1.165, 1.54) is 17.7 Å². The molecule has 4 rings (SSSR count). The van der Waals surface area contributed by atoms with Crippen molar-refractivity contribution in [2.24, 2.45) is 0 Å². The third kappa shape index (κ3) is 3.23. The van der Waals surface area contributed by atoms with Crippen molar-refractivity contribution < 1.29 is 13.7 Å². The summed E-state index contributed by atoms with van der Waals surface area (Å²) in [5.74, 6) is 0.504. The first-order chi connectivity index (χ1) is 12.9. The standard InChI is InChI=1S/C21H20FN3O2/c1-12-4-5-15(8-13(12)2)21-23-20(24-27-21)16-10-19(26)25(11-16)18-7-6-17(22)9-14(18)3/h4-9,16H,10-11H2,1-3H3. The molecule has 0 saturated carbocycles. The monoisotopic (exact) mass is 365 g/mol. The summed E-state index contributed by atoms with van der Waals surface area (Å²) in [4.78, 5) is 18.7. The minimum Gasteiger partial charge on any atom is -0.334 e. The van der Waals surface area contributed by atoms with E-state index < -0.39 is 0 Å². The number of halogens is 1. The highest BCUT2D eigenvalue weighted by Crippen LogP contribution is 2.33. The molecule has 0 spiro atoms. The maximum atomic E-state index is 13.4. The molecule has 1 fully saturated rings. The zero-order valence-corrected chi connectivity index (χ0v) is 15.5. The average Bonchev–Trinajstić information content (AvgIpc) is 3.25. The van der Waals surface area contributed by atoms with Crippen LogP contribution in [0.1, 0.15) is 34.9 Å². The van der Waals surface area contributed by atoms with E-state index in [1.807, 2.05) is 25.1 Å². The van der Waals surface area contributed by atoms with E-state index in [4.69, 9.17) is 4.52 Å². The minimum atomic E-state index is -0.310. The largest absolute Gasteiger partial charge is 0.334 e. The van der Waals surface area contributed by atoms with Gasteiger partial charge in [-0.05, 0) is 67.8 Å². The molecule has 2 aromatic carbocycles. The van der Waals surface area contributed by atoms with Gasteiger partial charge in [-0.25, -0.2) is 4.39 Å². The van der Waals surface area contributed by atoms with E-state index >= 15 is 0 Å². The predicted octanol–water partition coefficient (Wildman–Crippen LogP) is 4.32. The predicted molar refractivity (Wildman–Crippen MR) is 100 cm³/mol. The van der Waals surface area contributed by atoms with Gasteiger partial charge in [0.2, 0.25) is 5.91 Å². The van der Waals surface area contributed by atoms with Gasteiger partial charge in [-0.15, -0.1) is 0 Å². The molecule has 2 heterocycles. The van der Waals surface area contributed by atoms with Crippen LogP contribution in [0.15, 0.2) is 40.9 Å². The number of aromatic nitrogens is 2. The van der Waals surface area contributed by atoms with Crippen molar-refractivity contribution in [2.75, 3.05) is 11.4 Å². The van der Waals surface area contributed by atoms with Crippen molar-refractivity contribution in [1.29, 1.82) is 0 Å². The Hall–Kier alpha value is -3.02. The minimum absolute atomic E-state index is 0.0211. The number of nitrogens with zero attached hydrogens (tertiary/aromatic N) is 3. The first-order valence-electron chi connectivity index (χ1n) is 8.90. The second kappa shape index (κ2) is 6.61. The Labute approximate surface area is 156 Å². The third-order valence-corrected chi connectivity index (χ3v) is 5.14. The first-order valence-corrected chi connectivity index (χ1v) is 8.90. The zero-order valence-electron chi connectivity index (χ0n) is 15.5. The van der Waals surface area contributed by atoms with Crippen molar-refractivity contribution in [3.63, 3.8) is 0 Å². The summed E-state index contributed by atoms with van der Waals surface area (Å²) in [5.41, 5.74) is 4.67. The molecule has 1 aliphatic heterocycles. The van der Waals surface area contributed by atoms with Crippen LogP contribution in [0.4, 0.5) is 10.1 Å². The van der Waals surface area contributed by atoms with Gasteiger partial charge in [0.1, 0.15) is 5.82 Å². The number of benzene rings is 2. The van der Waals surface area contributed by atoms with Crippen molar-refractivity contribution >= 4 is 11.6 Å². The molecule has 0 N–H and O–H groups in total. The third-order valence-electron chi connectivity index (χ3n) is 5.14. The number of hydrogen-bond donors (Lipinski definition) is 0. The topological polar surface area (TPSA) is 59.2 Å². The Bertz CT molecular complexity index is 1030. The smallest absolute Gasteiger partial charge is 0.257 e. The van der Waals surface area contributed by atoms with Gasteiger partial charge >= 0.3 is 0 Å². The lowest BCUT2D eigenvalue weighted by molar-refractivity contribution is -0.117. The van der Waals surface area contributed by atoms with Crippen LogP contribution in [0.25, 0.3) is 11.5 Å². The molecular weight excluding hydrogens is 345 g/mol. The quantitative estimate of drug-likeness (QED) is 0.693. The molecule has 1 aliphatic rings. The molecule has 138 valence electrons. The van der Waals surface area contributed by atoms with Gasteiger partial charge < -0.3 is 9.42 Å². The van der Waals surface area contributed by atoms with Crippen LogP contribution in [0.2, 0.25) is 0 Å². The Morgan fingerprint density at radius 3 is 2.63 bits per heavy atom. The molecule has 1 amide bonds. The van der Waals surface area contributed by atoms with E-state index in [2.05, 4.69) is 17.1 Å². The molecule has 0 bridgehead atoms. The fraction of sp³-hybridized carbons (Fsp3) is 0.286. The van der Waals surface area contributed by atoms with Gasteiger partial charge in [0.25, 0.3) is 5.89 Å². The van der Waals surface area contributed by atoms with Crippen molar-refractivity contribution in [2.45, 2.75) is 33.1 Å². The number of hydrogen-bond acceptors (Lipinski definition) is 4. The summed E-state index contributed by atoms with van der Waals surface area (Å²) >= 11 is 0. The van der Waals surface area contributed by atoms with Crippen LogP contribution in [0, 0.1) is 26.6 Å². The molecule has 27 heavy (non-hydrogen) atoms. The van der Waals surface area contributed by atoms with Crippen molar-refractivity contribution in [3.8, 4) is 11.5 Å². The van der Waals surface area contributed by atoms with Gasteiger partial charge in [0, 0.05) is 30.1 Å². The lowest BCUT2D eigenvalue weighted by Crippen LogP contribution is -2.25. The van der Waals surface area contributed by atoms with Crippen LogP contribution >= 0.6 is 0 Å². The summed E-state index contributed by atoms with van der Waals surface area (Å²) in [5, 5.41) is 4.10. The highest BCUT2D eigenvalue weighted by molar-refractivity contribution is 5.97. The molecule has 0 radical (unpaired) electrons. The van der Waals surface area contributed by atoms with Crippen LogP contribution in [0.3, 0.4) is 0 Å². The molecule has 1 saturated heterocycles. The summed E-state index contributed by atoms with van der Waals surface area (Å²) in [6, 6.07) is 10.4. The van der Waals surface area contributed by atoms with E-state index in [1.54, 1.807) is 17.9 Å². The highest BCUT2D eigenvalue weighted by Gasteiger charge is 2.35. The Morgan fingerprint density at radius 2 is 1.89 bits per heavy atom. The lowest BCUT2D eigenvalue weighted by atomic mass is 10.1. The Morgan fingerprint density at radius 1 is 1.07 bits per heavy atom. The average molecular weight is 365 g/mol. The molecule has 1 unspecified atom stereocenters. The maximum Gasteiger partial charge on any atom is 0.257 e. The van der Waals surface area contributed by atoms with Crippen LogP contribution in [-0.2, 0) is 4.79 Å². The lowest BCUT2D eigenvalue weighted by Gasteiger charge is -2.18. The van der Waals surface area contributed by atoms with Crippen LogP contribution in [0.5, 0.6) is 0 Å². The first kappa shape index (κ1) is 17.4. The van der Waals surface area contributed by atoms with Crippen LogP contribution < -0.4 is 4.90 Å². The van der Waals surface area contributed by atoms with Crippen LogP contribution in [-0.4, -0.2) is 22.6 Å². The molecule has 6 heteroatoms. The van der Waals surface area contributed by atoms with E-state index in [0.717, 1.165) is 22.4 Å². The molecule has 1 atom stereocenters. The number of amides is 1. The van der Waals surface area contributed by atoms with Gasteiger partial charge in [-0.2, -0.15) is 4.98 Å². The fourth-order valence-corrected chi connectivity index (χ4v) is 3.43. The number of aryl methyl sites for hydroxylation is 3. The molecular formula is C21H20FN3O2. The molecule has 5 nitrogen and oxygen atoms in total. The summed E-state index contributed by atoms with van der Waals surface area (Å²) in [6.45, 7) is 6.34. The number of anilines is 1. The number of carbonyl (C=O) groups is 1. The van der Waals surface area contributed by atoms with E-state index in [0.29, 0.717) is 24.7 Å². The van der Waals surface area contributed by atoms with Crippen molar-refractivity contribution in [1.82, 2.24) is 10.1 Å². The molecule has 0 aliphatic carbocycles. The van der Waals surface area contributed by atoms with Crippen molar-refractivity contribution in [3.05, 3.63) is 64.7 Å². The molecule has 1 aromatic heterocycles. The SMILES string of the molecule is Cc1ccc(-c2nc(C3CC(=O)N(c4ccc(F)cc4C)C3)no2)cc1C. The summed E-state index contributed by atoms with van der Waals surface area (Å²) in [7, 11) is 0.